The van der Waals surface area contributed by atoms with Gasteiger partial charge in [0.15, 0.2) is 0 Å². The Labute approximate surface area is 351 Å². The van der Waals surface area contributed by atoms with Crippen molar-refractivity contribution >= 4 is 11.9 Å². The molecule has 8 rings (SSSR count). The van der Waals surface area contributed by atoms with Crippen LogP contribution in [0.4, 0.5) is 0 Å². The van der Waals surface area contributed by atoms with Gasteiger partial charge in [0.25, 0.3) is 5.91 Å². The van der Waals surface area contributed by atoms with Crippen molar-refractivity contribution in [1.82, 2.24) is 54.7 Å². The molecule has 0 saturated carbocycles. The number of nitrogens with zero attached hydrogens (tertiary/aromatic N) is 10. The van der Waals surface area contributed by atoms with Gasteiger partial charge < -0.3 is 34.3 Å². The number of rotatable bonds is 11. The van der Waals surface area contributed by atoms with Gasteiger partial charge in [-0.1, -0.05) is 84.8 Å². The summed E-state index contributed by atoms with van der Waals surface area (Å²) in [4.78, 5) is 48.8. The van der Waals surface area contributed by atoms with Gasteiger partial charge >= 0.3 is 5.97 Å². The van der Waals surface area contributed by atoms with Crippen molar-refractivity contribution in [3.8, 4) is 45.6 Å². The third kappa shape index (κ3) is 11.1. The largest absolute Gasteiger partial charge is 0.478 e. The van der Waals surface area contributed by atoms with Gasteiger partial charge in [0.05, 0.1) is 22.5 Å². The number of carboxylic acids is 1. The van der Waals surface area contributed by atoms with Gasteiger partial charge in [0.1, 0.15) is 11.6 Å². The summed E-state index contributed by atoms with van der Waals surface area (Å²) in [6, 6.07) is 23.4. The van der Waals surface area contributed by atoms with Crippen LogP contribution >= 0.6 is 0 Å². The second-order valence-electron chi connectivity index (χ2n) is 14.2. The first kappa shape index (κ1) is 42.9. The summed E-state index contributed by atoms with van der Waals surface area (Å²) in [5, 5.41) is 19.2. The zero-order chi connectivity index (χ0) is 43.5. The van der Waals surface area contributed by atoms with Crippen molar-refractivity contribution in [2.45, 2.75) is 39.5 Å². The fourth-order valence-electron chi connectivity index (χ4n) is 5.94. The van der Waals surface area contributed by atoms with Gasteiger partial charge in [-0.05, 0) is 12.1 Å². The maximum atomic E-state index is 12.6. The molecule has 0 aliphatic rings. The zero-order valence-corrected chi connectivity index (χ0v) is 34.6. The Kier molecular flexibility index (Phi) is 14.0. The van der Waals surface area contributed by atoms with E-state index in [1.54, 1.807) is 26.1 Å². The van der Waals surface area contributed by atoms with Crippen LogP contribution in [0, 0.1) is 13.8 Å². The molecule has 17 heteroatoms. The SMILES string of the molecule is CC(CN)c1cn(C)c(-c2ccccc2)n1.Cc1nc(-c2cncc(C(=O)NCC(C)c3cn(C)c(-c4ccccc4)n3)c2)no1.Cc1nc(-c2cncc(C(=O)O)c2)no1. The van der Waals surface area contributed by atoms with E-state index < -0.39 is 5.97 Å². The number of hydrogen-bond donors (Lipinski definition) is 3. The van der Waals surface area contributed by atoms with E-state index in [0.717, 1.165) is 34.2 Å². The number of pyridine rings is 2. The number of carbonyl (C=O) groups is 2. The maximum Gasteiger partial charge on any atom is 0.337 e. The van der Waals surface area contributed by atoms with Gasteiger partial charge in [-0.25, -0.2) is 14.8 Å². The van der Waals surface area contributed by atoms with E-state index in [-0.39, 0.29) is 17.4 Å². The Morgan fingerprint density at radius 1 is 0.672 bits per heavy atom. The van der Waals surface area contributed by atoms with Crippen molar-refractivity contribution in [3.63, 3.8) is 0 Å². The number of carboxylic acid groups (broad SMARTS) is 1. The molecule has 6 aromatic heterocycles. The van der Waals surface area contributed by atoms with Gasteiger partial charge in [0.2, 0.25) is 23.4 Å². The highest BCUT2D eigenvalue weighted by molar-refractivity contribution is 5.94. The average molecular weight is 823 g/mol. The van der Waals surface area contributed by atoms with Crippen LogP contribution in [-0.2, 0) is 14.1 Å². The molecule has 6 heterocycles. The molecule has 8 aromatic rings. The van der Waals surface area contributed by atoms with Crippen LogP contribution in [-0.4, -0.2) is 79.4 Å². The van der Waals surface area contributed by atoms with Crippen LogP contribution in [0.5, 0.6) is 0 Å². The highest BCUT2D eigenvalue weighted by atomic mass is 16.5. The van der Waals surface area contributed by atoms with Crippen molar-refractivity contribution in [1.29, 1.82) is 0 Å². The molecular weight excluding hydrogens is 777 g/mol. The van der Waals surface area contributed by atoms with Crippen LogP contribution in [0.25, 0.3) is 45.6 Å². The Morgan fingerprint density at radius 2 is 1.13 bits per heavy atom. The fraction of sp³-hybridized carbons (Fsp3) is 0.227. The van der Waals surface area contributed by atoms with Crippen LogP contribution in [0.1, 0.15) is 69.6 Å². The van der Waals surface area contributed by atoms with E-state index in [4.69, 9.17) is 24.9 Å². The summed E-state index contributed by atoms with van der Waals surface area (Å²) in [5.41, 5.74) is 11.5. The first-order chi connectivity index (χ1) is 29.4. The number of nitrogens with one attached hydrogen (secondary N) is 1. The van der Waals surface area contributed by atoms with Crippen LogP contribution in [0.3, 0.4) is 0 Å². The molecule has 61 heavy (non-hydrogen) atoms. The summed E-state index contributed by atoms with van der Waals surface area (Å²) in [7, 11) is 3.99. The minimum atomic E-state index is -1.04. The lowest BCUT2D eigenvalue weighted by Crippen LogP contribution is -2.27. The standard InChI is InChI=1S/C22H22N6O2.C13H17N3.C9H7N3O3/c1-14(19-13-28(3)21(26-19)16-7-5-4-6-8-16)10-24-22(29)18-9-17(11-23-12-18)20-25-15(2)30-27-20;1-10(8-14)12-9-16(2)13(15-12)11-6-4-3-5-7-11;1-5-11-8(12-15-5)6-2-7(9(13)14)4-10-3-6/h4-9,11-14H,10H2,1-3H3,(H,24,29);3-7,9-10H,8,14H2,1-2H3;2-4H,1H3,(H,13,14). The summed E-state index contributed by atoms with van der Waals surface area (Å²) >= 11 is 0. The number of nitrogens with two attached hydrogens (primary N) is 1. The van der Waals surface area contributed by atoms with E-state index >= 15 is 0 Å². The van der Waals surface area contributed by atoms with E-state index in [1.165, 1.54) is 24.7 Å². The Hall–Kier alpha value is -7.66. The Balaban J connectivity index is 0.000000169. The molecule has 1 amide bonds. The fourth-order valence-corrected chi connectivity index (χ4v) is 5.94. The van der Waals surface area contributed by atoms with E-state index in [1.807, 2.05) is 80.3 Å². The molecule has 0 bridgehead atoms. The molecule has 17 nitrogen and oxygen atoms in total. The van der Waals surface area contributed by atoms with E-state index in [9.17, 15) is 9.59 Å². The predicted octanol–water partition coefficient (Wildman–Crippen LogP) is 6.66. The van der Waals surface area contributed by atoms with Crippen LogP contribution in [0.15, 0.2) is 119 Å². The summed E-state index contributed by atoms with van der Waals surface area (Å²) < 4.78 is 13.8. The molecule has 2 aromatic carbocycles. The number of benzene rings is 2. The quantitative estimate of drug-likeness (QED) is 0.124. The van der Waals surface area contributed by atoms with Crippen molar-refractivity contribution in [2.75, 3.05) is 13.1 Å². The summed E-state index contributed by atoms with van der Waals surface area (Å²) in [5.74, 6) is 2.63. The van der Waals surface area contributed by atoms with Crippen LogP contribution < -0.4 is 11.1 Å². The lowest BCUT2D eigenvalue weighted by atomic mass is 10.1. The number of aromatic carboxylic acids is 1. The van der Waals surface area contributed by atoms with Gasteiger partial charge in [-0.3, -0.25) is 14.8 Å². The molecule has 0 aliphatic carbocycles. The number of carbonyl (C=O) groups excluding carboxylic acids is 1. The third-order valence-corrected chi connectivity index (χ3v) is 9.34. The average Bonchev–Trinajstić information content (AvgIpc) is 4.11. The first-order valence-electron chi connectivity index (χ1n) is 19.3. The highest BCUT2D eigenvalue weighted by Crippen LogP contribution is 2.23. The molecule has 0 aliphatic heterocycles. The molecule has 2 atom stereocenters. The van der Waals surface area contributed by atoms with E-state index in [0.29, 0.717) is 59.1 Å². The summed E-state index contributed by atoms with van der Waals surface area (Å²) in [6.07, 6.45) is 9.92. The first-order valence-corrected chi connectivity index (χ1v) is 19.3. The van der Waals surface area contributed by atoms with Crippen LogP contribution in [0.2, 0.25) is 0 Å². The second kappa shape index (κ2) is 19.9. The lowest BCUT2D eigenvalue weighted by molar-refractivity contribution is 0.0696. The highest BCUT2D eigenvalue weighted by Gasteiger charge is 2.17. The van der Waals surface area contributed by atoms with Crippen molar-refractivity contribution < 1.29 is 23.7 Å². The third-order valence-electron chi connectivity index (χ3n) is 9.34. The smallest absolute Gasteiger partial charge is 0.337 e. The number of imidazole rings is 2. The normalized spacial score (nSPS) is 11.7. The van der Waals surface area contributed by atoms with Crippen molar-refractivity contribution in [3.05, 3.63) is 144 Å². The molecule has 0 spiro atoms. The Bertz CT molecular complexity index is 2690. The molecule has 0 fully saturated rings. The van der Waals surface area contributed by atoms with Crippen molar-refractivity contribution in [2.24, 2.45) is 19.8 Å². The molecular formula is C44H46N12O5. The minimum absolute atomic E-state index is 0.0496. The maximum absolute atomic E-state index is 12.6. The van der Waals surface area contributed by atoms with Gasteiger partial charge in [-0.15, -0.1) is 0 Å². The van der Waals surface area contributed by atoms with E-state index in [2.05, 4.69) is 70.4 Å². The monoisotopic (exact) mass is 822 g/mol. The number of aryl methyl sites for hydroxylation is 4. The Morgan fingerprint density at radius 3 is 1.57 bits per heavy atom. The predicted molar refractivity (Wildman–Crippen MR) is 227 cm³/mol. The van der Waals surface area contributed by atoms with Gasteiger partial charge in [0, 0.05) is 112 Å². The minimum Gasteiger partial charge on any atom is -0.478 e. The molecule has 312 valence electrons. The molecule has 4 N–H and O–H groups in total. The lowest BCUT2D eigenvalue weighted by Gasteiger charge is -2.10. The molecule has 0 saturated heterocycles. The molecule has 0 radical (unpaired) electrons. The zero-order valence-electron chi connectivity index (χ0n) is 34.6. The topological polar surface area (TPSA) is 232 Å². The number of hydrogen-bond acceptors (Lipinski definition) is 13. The molecule has 2 unspecified atom stereocenters. The number of amides is 1. The van der Waals surface area contributed by atoms with Gasteiger partial charge in [-0.2, -0.15) is 9.97 Å². The summed E-state index contributed by atoms with van der Waals surface area (Å²) in [6.45, 7) is 8.58. The number of aromatic nitrogens is 10. The second-order valence-corrected chi connectivity index (χ2v) is 14.2.